The van der Waals surface area contributed by atoms with Gasteiger partial charge in [-0.1, -0.05) is 36.4 Å². The molecule has 0 saturated heterocycles. The third-order valence-corrected chi connectivity index (χ3v) is 9.83. The molecule has 288 valence electrons. The Morgan fingerprint density at radius 2 is 1.28 bits per heavy atom. The lowest BCUT2D eigenvalue weighted by Crippen LogP contribution is -2.41. The molecule has 2 aromatic carbocycles. The molecule has 0 unspecified atom stereocenters. The molecule has 0 saturated carbocycles. The summed E-state index contributed by atoms with van der Waals surface area (Å²) in [5, 5.41) is 0. The van der Waals surface area contributed by atoms with Crippen LogP contribution >= 0.6 is 0 Å². The van der Waals surface area contributed by atoms with Crippen LogP contribution in [-0.2, 0) is 33.8 Å². The van der Waals surface area contributed by atoms with E-state index in [2.05, 4.69) is 24.9 Å². The van der Waals surface area contributed by atoms with Crippen LogP contribution in [0, 0.1) is 0 Å². The van der Waals surface area contributed by atoms with Gasteiger partial charge in [0.25, 0.3) is 22.9 Å². The summed E-state index contributed by atoms with van der Waals surface area (Å²) < 4.78 is 16.8. The summed E-state index contributed by atoms with van der Waals surface area (Å²) in [7, 11) is 1.60. The van der Waals surface area contributed by atoms with E-state index in [1.165, 1.54) is 9.80 Å². The number of anilines is 2. The highest BCUT2D eigenvalue weighted by molar-refractivity contribution is 5.95. The number of hydrogen-bond acceptors (Lipinski definition) is 11. The van der Waals surface area contributed by atoms with Gasteiger partial charge in [-0.3, -0.25) is 38.9 Å². The van der Waals surface area contributed by atoms with Gasteiger partial charge in [0.1, 0.15) is 41.1 Å². The standard InChI is InChI=1S/C42H38N8O7/c1-55-29-14-9-26(10-15-29)23-56-24-35(51)49-20-4-6-31-39(49)46-38(48-42(31)54)34-18-13-28(22-44-34)27-11-16-30(17-12-27)57-25-36(52)50-21-5-7-32-40(50)45-37(47-41(32)53)33-8-2-3-19-43-33/h2-3,8-19,22H,4-7,20-21,23-25H2,1H3,(H,45,47,53)(H,46,48,54). The molecule has 0 radical (unpaired) electrons. The summed E-state index contributed by atoms with van der Waals surface area (Å²) in [5.41, 5.74) is 3.82. The van der Waals surface area contributed by atoms with E-state index >= 15 is 0 Å². The maximum Gasteiger partial charge on any atom is 0.266 e. The Bertz CT molecular complexity index is 2520. The normalized spacial score (nSPS) is 13.4. The van der Waals surface area contributed by atoms with Gasteiger partial charge in [0.2, 0.25) is 0 Å². The minimum atomic E-state index is -0.315. The number of nitrogens with one attached hydrogen (secondary N) is 2. The van der Waals surface area contributed by atoms with E-state index in [-0.39, 0.29) is 48.6 Å². The first kappa shape index (κ1) is 36.9. The second-order valence-electron chi connectivity index (χ2n) is 13.5. The Hall–Kier alpha value is -7.00. The van der Waals surface area contributed by atoms with Crippen molar-refractivity contribution >= 4 is 23.5 Å². The van der Waals surface area contributed by atoms with E-state index in [1.54, 1.807) is 55.9 Å². The van der Waals surface area contributed by atoms with Crippen LogP contribution in [-0.4, -0.2) is 75.1 Å². The summed E-state index contributed by atoms with van der Waals surface area (Å²) in [6, 6.07) is 23.6. The molecule has 0 spiro atoms. The molecule has 0 fully saturated rings. The number of rotatable bonds is 11. The van der Waals surface area contributed by atoms with Gasteiger partial charge in [0.05, 0.1) is 24.8 Å². The highest BCUT2D eigenvalue weighted by Gasteiger charge is 2.29. The number of H-pyrrole nitrogens is 2. The average molecular weight is 767 g/mol. The Kier molecular flexibility index (Phi) is 10.6. The van der Waals surface area contributed by atoms with Crippen molar-refractivity contribution in [2.24, 2.45) is 0 Å². The lowest BCUT2D eigenvalue weighted by Gasteiger charge is -2.28. The summed E-state index contributed by atoms with van der Waals surface area (Å²) in [4.78, 5) is 79.5. The van der Waals surface area contributed by atoms with Crippen molar-refractivity contribution < 1.29 is 23.8 Å². The molecule has 0 bridgehead atoms. The number of amides is 2. The number of carbonyl (C=O) groups is 2. The van der Waals surface area contributed by atoms with Crippen LogP contribution in [0.3, 0.4) is 0 Å². The topological polar surface area (TPSA) is 186 Å². The number of fused-ring (bicyclic) bond motifs is 2. The van der Waals surface area contributed by atoms with Crippen LogP contribution in [0.25, 0.3) is 34.2 Å². The van der Waals surface area contributed by atoms with Crippen LogP contribution in [0.4, 0.5) is 11.6 Å². The van der Waals surface area contributed by atoms with Crippen molar-refractivity contribution in [1.82, 2.24) is 29.9 Å². The predicted octanol–water partition coefficient (Wildman–Crippen LogP) is 4.51. The summed E-state index contributed by atoms with van der Waals surface area (Å²) >= 11 is 0. The van der Waals surface area contributed by atoms with E-state index in [0.717, 1.165) is 22.4 Å². The van der Waals surface area contributed by atoms with Gasteiger partial charge in [-0.15, -0.1) is 0 Å². The average Bonchev–Trinajstić information content (AvgIpc) is 3.26. The zero-order chi connectivity index (χ0) is 39.3. The Morgan fingerprint density at radius 3 is 1.86 bits per heavy atom. The molecular weight excluding hydrogens is 729 g/mol. The SMILES string of the molecule is COc1ccc(COCC(=O)N2CCCc3c2nc(-c2ccc(-c4ccc(OCC(=O)N5CCCc6c5nc(-c5ccccn5)[nH]c6=O)cc4)cn2)[nH]c3=O)cc1. The summed E-state index contributed by atoms with van der Waals surface area (Å²) in [5.74, 6) is 1.83. The Balaban J connectivity index is 0.907. The van der Waals surface area contributed by atoms with Gasteiger partial charge in [0.15, 0.2) is 18.3 Å². The Morgan fingerprint density at radius 1 is 0.684 bits per heavy atom. The van der Waals surface area contributed by atoms with Crippen molar-refractivity contribution in [3.8, 4) is 45.7 Å². The number of aromatic amines is 2. The van der Waals surface area contributed by atoms with Gasteiger partial charge in [0, 0.05) is 31.0 Å². The first-order valence-corrected chi connectivity index (χ1v) is 18.5. The molecule has 8 rings (SSSR count). The van der Waals surface area contributed by atoms with Gasteiger partial charge in [-0.25, -0.2) is 9.97 Å². The second kappa shape index (κ2) is 16.4. The molecule has 2 N–H and O–H groups in total. The number of nitrogens with zero attached hydrogens (tertiary/aromatic N) is 6. The summed E-state index contributed by atoms with van der Waals surface area (Å²) in [6.45, 7) is 0.687. The number of ether oxygens (including phenoxy) is 3. The van der Waals surface area contributed by atoms with Crippen LogP contribution in [0.5, 0.6) is 11.5 Å². The molecule has 57 heavy (non-hydrogen) atoms. The van der Waals surface area contributed by atoms with Crippen molar-refractivity contribution in [3.05, 3.63) is 129 Å². The zero-order valence-corrected chi connectivity index (χ0v) is 31.1. The molecule has 2 aliphatic rings. The van der Waals surface area contributed by atoms with E-state index in [9.17, 15) is 19.2 Å². The molecule has 15 heteroatoms. The smallest absolute Gasteiger partial charge is 0.266 e. The monoisotopic (exact) mass is 766 g/mol. The minimum absolute atomic E-state index is 0.164. The number of aromatic nitrogens is 6. The minimum Gasteiger partial charge on any atom is -0.497 e. The van der Waals surface area contributed by atoms with Gasteiger partial charge in [-0.05, 0) is 79.3 Å². The highest BCUT2D eigenvalue weighted by atomic mass is 16.5. The third kappa shape index (κ3) is 8.04. The largest absolute Gasteiger partial charge is 0.497 e. The maximum absolute atomic E-state index is 13.4. The maximum atomic E-state index is 13.4. The molecule has 2 amide bonds. The number of carbonyl (C=O) groups excluding carboxylic acids is 2. The summed E-state index contributed by atoms with van der Waals surface area (Å²) in [6.07, 6.45) is 5.58. The lowest BCUT2D eigenvalue weighted by atomic mass is 10.1. The number of pyridine rings is 2. The molecule has 4 aromatic heterocycles. The quantitative estimate of drug-likeness (QED) is 0.189. The van der Waals surface area contributed by atoms with Crippen molar-refractivity contribution in [2.45, 2.75) is 32.3 Å². The van der Waals surface area contributed by atoms with Gasteiger partial charge < -0.3 is 24.2 Å². The van der Waals surface area contributed by atoms with Gasteiger partial charge >= 0.3 is 0 Å². The predicted molar refractivity (Wildman–Crippen MR) is 211 cm³/mol. The van der Waals surface area contributed by atoms with Crippen molar-refractivity contribution in [3.63, 3.8) is 0 Å². The van der Waals surface area contributed by atoms with Gasteiger partial charge in [-0.2, -0.15) is 0 Å². The van der Waals surface area contributed by atoms with Crippen molar-refractivity contribution in [1.29, 1.82) is 0 Å². The van der Waals surface area contributed by atoms with Crippen LogP contribution in [0.15, 0.2) is 101 Å². The van der Waals surface area contributed by atoms with Crippen LogP contribution < -0.4 is 30.4 Å². The van der Waals surface area contributed by atoms with Crippen LogP contribution in [0.2, 0.25) is 0 Å². The van der Waals surface area contributed by atoms with E-state index < -0.39 is 0 Å². The number of benzene rings is 2. The fourth-order valence-corrected chi connectivity index (χ4v) is 6.87. The zero-order valence-electron chi connectivity index (χ0n) is 31.1. The molecule has 6 aromatic rings. The molecule has 0 aliphatic carbocycles. The molecule has 2 aliphatic heterocycles. The highest BCUT2D eigenvalue weighted by Crippen LogP contribution is 2.28. The molecular formula is C42H38N8O7. The van der Waals surface area contributed by atoms with E-state index in [1.807, 2.05) is 42.5 Å². The fraction of sp³-hybridized carbons (Fsp3) is 0.238. The van der Waals surface area contributed by atoms with E-state index in [0.29, 0.717) is 84.5 Å². The first-order valence-electron chi connectivity index (χ1n) is 18.5. The lowest BCUT2D eigenvalue weighted by molar-refractivity contribution is -0.123. The third-order valence-electron chi connectivity index (χ3n) is 9.83. The molecule has 6 heterocycles. The number of hydrogen-bond donors (Lipinski definition) is 2. The first-order chi connectivity index (χ1) is 27.8. The number of methoxy groups -OCH3 is 1. The van der Waals surface area contributed by atoms with Crippen molar-refractivity contribution in [2.75, 3.05) is 43.2 Å². The van der Waals surface area contributed by atoms with Crippen LogP contribution in [0.1, 0.15) is 29.5 Å². The second-order valence-corrected chi connectivity index (χ2v) is 13.5. The Labute approximate surface area is 326 Å². The van der Waals surface area contributed by atoms with E-state index in [4.69, 9.17) is 19.2 Å². The molecule has 15 nitrogen and oxygen atoms in total. The molecule has 0 atom stereocenters. The fourth-order valence-electron chi connectivity index (χ4n) is 6.87.